The normalized spacial score (nSPS) is 11.1. The molecule has 0 fully saturated rings. The molecular formula is C19H24N6O2. The fourth-order valence-electron chi connectivity index (χ4n) is 2.96. The van der Waals surface area contributed by atoms with Gasteiger partial charge in [-0.05, 0) is 38.3 Å². The Bertz CT molecular complexity index is 937. The summed E-state index contributed by atoms with van der Waals surface area (Å²) >= 11 is 0. The first-order chi connectivity index (χ1) is 13.0. The molecular weight excluding hydrogens is 344 g/mol. The summed E-state index contributed by atoms with van der Waals surface area (Å²) in [7, 11) is 0. The zero-order valence-corrected chi connectivity index (χ0v) is 15.8. The minimum atomic E-state index is -1.07. The molecule has 2 aromatic heterocycles. The second-order valence-electron chi connectivity index (χ2n) is 6.60. The maximum Gasteiger partial charge on any atom is 0.414 e. The molecule has 0 spiro atoms. The molecule has 2 N–H and O–H groups in total. The Kier molecular flexibility index (Phi) is 5.54. The lowest BCUT2D eigenvalue weighted by Gasteiger charge is -2.20. The van der Waals surface area contributed by atoms with Crippen molar-refractivity contribution in [2.45, 2.75) is 46.1 Å². The Morgan fingerprint density at radius 3 is 2.78 bits per heavy atom. The van der Waals surface area contributed by atoms with Gasteiger partial charge in [0, 0.05) is 24.1 Å². The highest BCUT2D eigenvalue weighted by Gasteiger charge is 2.24. The van der Waals surface area contributed by atoms with Crippen LogP contribution in [0.3, 0.4) is 0 Å². The van der Waals surface area contributed by atoms with E-state index in [-0.39, 0.29) is 12.0 Å². The van der Waals surface area contributed by atoms with E-state index >= 15 is 0 Å². The summed E-state index contributed by atoms with van der Waals surface area (Å²) in [5, 5.41) is 21.1. The lowest BCUT2D eigenvalue weighted by atomic mass is 10.1. The molecule has 8 heteroatoms. The van der Waals surface area contributed by atoms with E-state index in [9.17, 15) is 9.90 Å². The number of nitrogens with one attached hydrogen (secondary N) is 1. The number of anilines is 3. The highest BCUT2D eigenvalue weighted by atomic mass is 16.4. The predicted molar refractivity (Wildman–Crippen MR) is 105 cm³/mol. The number of benzene rings is 1. The fraction of sp³-hybridized carbons (Fsp3) is 0.368. The SMILES string of the molecule is CCCCc1ccccc1Nc1nccn2c(N(C(=O)O)C(C)C)nnc12. The molecule has 0 bridgehead atoms. The molecule has 3 aromatic rings. The van der Waals surface area contributed by atoms with Crippen molar-refractivity contribution in [3.05, 3.63) is 42.2 Å². The van der Waals surface area contributed by atoms with Gasteiger partial charge in [-0.3, -0.25) is 4.40 Å². The molecule has 1 aromatic carbocycles. The number of hydrogen-bond donors (Lipinski definition) is 2. The van der Waals surface area contributed by atoms with Crippen molar-refractivity contribution >= 4 is 29.2 Å². The van der Waals surface area contributed by atoms with E-state index in [1.54, 1.807) is 30.6 Å². The first-order valence-corrected chi connectivity index (χ1v) is 9.09. The zero-order chi connectivity index (χ0) is 19.4. The molecule has 0 aliphatic carbocycles. The Balaban J connectivity index is 1.99. The average molecular weight is 368 g/mol. The minimum absolute atomic E-state index is 0.247. The van der Waals surface area contributed by atoms with Crippen LogP contribution in [0.5, 0.6) is 0 Å². The standard InChI is InChI=1S/C19H24N6O2/c1-4-5-8-14-9-6-7-10-15(14)21-16-17-22-23-18(24(17)12-11-20-16)25(13(2)3)19(26)27/h6-7,9-13H,4-5,8H2,1-3H3,(H,20,21)(H,26,27). The van der Waals surface area contributed by atoms with Crippen molar-refractivity contribution < 1.29 is 9.90 Å². The number of nitrogens with zero attached hydrogens (tertiary/aromatic N) is 5. The summed E-state index contributed by atoms with van der Waals surface area (Å²) in [6.45, 7) is 5.75. The first kappa shape index (κ1) is 18.6. The van der Waals surface area contributed by atoms with Crippen molar-refractivity contribution in [3.63, 3.8) is 0 Å². The van der Waals surface area contributed by atoms with Crippen LogP contribution in [-0.4, -0.2) is 36.8 Å². The van der Waals surface area contributed by atoms with E-state index in [4.69, 9.17) is 0 Å². The van der Waals surface area contributed by atoms with Gasteiger partial charge >= 0.3 is 6.09 Å². The lowest BCUT2D eigenvalue weighted by molar-refractivity contribution is 0.199. The second kappa shape index (κ2) is 8.03. The summed E-state index contributed by atoms with van der Waals surface area (Å²) in [6, 6.07) is 7.82. The van der Waals surface area contributed by atoms with Gasteiger partial charge in [0.2, 0.25) is 11.6 Å². The third-order valence-corrected chi connectivity index (χ3v) is 4.32. The maximum absolute atomic E-state index is 11.6. The van der Waals surface area contributed by atoms with Crippen LogP contribution in [0.1, 0.15) is 39.2 Å². The second-order valence-corrected chi connectivity index (χ2v) is 6.60. The van der Waals surface area contributed by atoms with E-state index in [0.717, 1.165) is 24.9 Å². The number of carbonyl (C=O) groups is 1. The van der Waals surface area contributed by atoms with Gasteiger partial charge < -0.3 is 10.4 Å². The summed E-state index contributed by atoms with van der Waals surface area (Å²) < 4.78 is 1.64. The number of unbranched alkanes of at least 4 members (excludes halogenated alkanes) is 1. The molecule has 0 atom stereocenters. The van der Waals surface area contributed by atoms with Gasteiger partial charge in [-0.15, -0.1) is 10.2 Å². The predicted octanol–water partition coefficient (Wildman–Crippen LogP) is 4.10. The molecule has 0 saturated heterocycles. The van der Waals surface area contributed by atoms with Crippen molar-refractivity contribution in [2.75, 3.05) is 10.2 Å². The van der Waals surface area contributed by atoms with Crippen LogP contribution in [0.15, 0.2) is 36.7 Å². The molecule has 0 aliphatic heterocycles. The third-order valence-electron chi connectivity index (χ3n) is 4.32. The van der Waals surface area contributed by atoms with E-state index < -0.39 is 6.09 Å². The molecule has 27 heavy (non-hydrogen) atoms. The Labute approximate surface area is 157 Å². The van der Waals surface area contributed by atoms with Gasteiger partial charge in [0.1, 0.15) is 0 Å². The number of hydrogen-bond acceptors (Lipinski definition) is 5. The summed E-state index contributed by atoms with van der Waals surface area (Å²) in [5.41, 5.74) is 2.65. The summed E-state index contributed by atoms with van der Waals surface area (Å²) in [4.78, 5) is 17.2. The van der Waals surface area contributed by atoms with Crippen LogP contribution in [0.4, 0.5) is 22.2 Å². The van der Waals surface area contributed by atoms with E-state index in [1.165, 1.54) is 10.5 Å². The number of aryl methyl sites for hydroxylation is 1. The highest BCUT2D eigenvalue weighted by Crippen LogP contribution is 2.25. The van der Waals surface area contributed by atoms with E-state index in [1.807, 2.05) is 18.2 Å². The molecule has 2 heterocycles. The lowest BCUT2D eigenvalue weighted by Crippen LogP contribution is -2.37. The van der Waals surface area contributed by atoms with Crippen LogP contribution < -0.4 is 10.2 Å². The van der Waals surface area contributed by atoms with Crippen LogP contribution >= 0.6 is 0 Å². The minimum Gasteiger partial charge on any atom is -0.465 e. The van der Waals surface area contributed by atoms with Gasteiger partial charge in [0.25, 0.3) is 0 Å². The van der Waals surface area contributed by atoms with Gasteiger partial charge in [-0.2, -0.15) is 0 Å². The largest absolute Gasteiger partial charge is 0.465 e. The first-order valence-electron chi connectivity index (χ1n) is 9.09. The molecule has 0 radical (unpaired) electrons. The average Bonchev–Trinajstić information content (AvgIpc) is 3.05. The molecule has 142 valence electrons. The summed E-state index contributed by atoms with van der Waals surface area (Å²) in [6.07, 6.45) is 5.40. The molecule has 3 rings (SSSR count). The highest BCUT2D eigenvalue weighted by molar-refractivity contribution is 5.85. The zero-order valence-electron chi connectivity index (χ0n) is 15.8. The molecule has 1 amide bonds. The Morgan fingerprint density at radius 2 is 2.07 bits per heavy atom. The van der Waals surface area contributed by atoms with Gasteiger partial charge in [-0.25, -0.2) is 14.7 Å². The topological polar surface area (TPSA) is 95.7 Å². The van der Waals surface area contributed by atoms with Crippen LogP contribution in [0.2, 0.25) is 0 Å². The van der Waals surface area contributed by atoms with Crippen molar-refractivity contribution in [3.8, 4) is 0 Å². The van der Waals surface area contributed by atoms with E-state index in [0.29, 0.717) is 11.5 Å². The Hall–Kier alpha value is -3.16. The molecule has 0 aliphatic rings. The number of aromatic nitrogens is 4. The van der Waals surface area contributed by atoms with Crippen LogP contribution in [-0.2, 0) is 6.42 Å². The van der Waals surface area contributed by atoms with Crippen LogP contribution in [0.25, 0.3) is 5.65 Å². The third kappa shape index (κ3) is 3.84. The van der Waals surface area contributed by atoms with Crippen molar-refractivity contribution in [2.24, 2.45) is 0 Å². The van der Waals surface area contributed by atoms with Crippen LogP contribution in [0, 0.1) is 0 Å². The number of carboxylic acid groups (broad SMARTS) is 1. The summed E-state index contributed by atoms with van der Waals surface area (Å²) in [5.74, 6) is 0.784. The molecule has 0 unspecified atom stereocenters. The number of para-hydroxylation sites is 1. The van der Waals surface area contributed by atoms with Crippen molar-refractivity contribution in [1.29, 1.82) is 0 Å². The monoisotopic (exact) mass is 368 g/mol. The number of fused-ring (bicyclic) bond motifs is 1. The number of rotatable bonds is 7. The van der Waals surface area contributed by atoms with E-state index in [2.05, 4.69) is 33.5 Å². The van der Waals surface area contributed by atoms with Gasteiger partial charge in [-0.1, -0.05) is 31.5 Å². The van der Waals surface area contributed by atoms with Crippen molar-refractivity contribution in [1.82, 2.24) is 19.6 Å². The number of amides is 1. The maximum atomic E-state index is 11.6. The molecule has 0 saturated carbocycles. The van der Waals surface area contributed by atoms with Gasteiger partial charge in [0.15, 0.2) is 5.82 Å². The quantitative estimate of drug-likeness (QED) is 0.652. The smallest absolute Gasteiger partial charge is 0.414 e. The molecule has 8 nitrogen and oxygen atoms in total. The Morgan fingerprint density at radius 1 is 1.30 bits per heavy atom. The van der Waals surface area contributed by atoms with Gasteiger partial charge in [0.05, 0.1) is 0 Å². The fourth-order valence-corrected chi connectivity index (χ4v) is 2.96.